The Morgan fingerprint density at radius 2 is 1.90 bits per heavy atom. The number of benzene rings is 2. The van der Waals surface area contributed by atoms with Gasteiger partial charge in [0, 0.05) is 16.0 Å². The number of anilines is 2. The zero-order valence-electron chi connectivity index (χ0n) is 10.5. The maximum Gasteiger partial charge on any atom is 0.259 e. The van der Waals surface area contributed by atoms with Crippen LogP contribution < -0.4 is 10.6 Å². The van der Waals surface area contributed by atoms with Crippen LogP contribution in [0.15, 0.2) is 45.3 Å². The summed E-state index contributed by atoms with van der Waals surface area (Å²) in [6.45, 7) is 0. The van der Waals surface area contributed by atoms with Crippen molar-refractivity contribution in [1.29, 1.82) is 0 Å². The molecule has 2 rings (SSSR count). The second-order valence-corrected chi connectivity index (χ2v) is 5.96. The van der Waals surface area contributed by atoms with Gasteiger partial charge in [0.25, 0.3) is 5.91 Å². The molecule has 0 saturated carbocycles. The third-order valence-corrected chi connectivity index (χ3v) is 4.00. The molecule has 0 saturated heterocycles. The lowest BCUT2D eigenvalue weighted by Gasteiger charge is -2.20. The Balaban J connectivity index is 2.40. The van der Waals surface area contributed by atoms with Gasteiger partial charge in [0.1, 0.15) is 5.82 Å². The highest BCUT2D eigenvalue weighted by Crippen LogP contribution is 2.28. The predicted octanol–water partition coefficient (Wildman–Crippen LogP) is 4.21. The summed E-state index contributed by atoms with van der Waals surface area (Å²) < 4.78 is 14.6. The number of carbonyl (C=O) groups excluding carboxylic acids is 1. The van der Waals surface area contributed by atoms with E-state index in [1.807, 2.05) is 0 Å². The van der Waals surface area contributed by atoms with Crippen LogP contribution in [0.1, 0.15) is 10.4 Å². The Labute approximate surface area is 132 Å². The second-order valence-electron chi connectivity index (χ2n) is 4.19. The number of amides is 1. The van der Waals surface area contributed by atoms with Crippen molar-refractivity contribution in [3.63, 3.8) is 0 Å². The summed E-state index contributed by atoms with van der Waals surface area (Å²) in [6, 6.07) is 9.20. The lowest BCUT2D eigenvalue weighted by atomic mass is 10.1. The van der Waals surface area contributed by atoms with Crippen LogP contribution in [-0.2, 0) is 0 Å². The lowest BCUT2D eigenvalue weighted by molar-refractivity contribution is 0.0992. The van der Waals surface area contributed by atoms with Gasteiger partial charge in [0.15, 0.2) is 0 Å². The van der Waals surface area contributed by atoms with E-state index in [1.165, 1.54) is 23.1 Å². The van der Waals surface area contributed by atoms with Gasteiger partial charge < -0.3 is 10.6 Å². The first kappa shape index (κ1) is 15.0. The Morgan fingerprint density at radius 3 is 2.55 bits per heavy atom. The fraction of sp³-hybridized carbons (Fsp3) is 0.0714. The smallest absolute Gasteiger partial charge is 0.259 e. The molecule has 2 N–H and O–H groups in total. The van der Waals surface area contributed by atoms with E-state index < -0.39 is 5.82 Å². The van der Waals surface area contributed by atoms with Crippen molar-refractivity contribution >= 4 is 49.1 Å². The molecule has 0 atom stereocenters. The van der Waals surface area contributed by atoms with Crippen LogP contribution in [0, 0.1) is 5.82 Å². The predicted molar refractivity (Wildman–Crippen MR) is 85.4 cm³/mol. The monoisotopic (exact) mass is 400 g/mol. The van der Waals surface area contributed by atoms with E-state index in [9.17, 15) is 9.18 Å². The van der Waals surface area contributed by atoms with E-state index in [1.54, 1.807) is 25.2 Å². The zero-order chi connectivity index (χ0) is 14.9. The largest absolute Gasteiger partial charge is 0.397 e. The molecule has 3 nitrogen and oxygen atoms in total. The first-order valence-corrected chi connectivity index (χ1v) is 7.27. The normalized spacial score (nSPS) is 10.4. The van der Waals surface area contributed by atoms with Gasteiger partial charge in [-0.05, 0) is 52.3 Å². The average molecular weight is 402 g/mol. The molecule has 0 bridgehead atoms. The van der Waals surface area contributed by atoms with Crippen LogP contribution in [0.25, 0.3) is 0 Å². The number of nitrogen functional groups attached to an aromatic ring is 1. The van der Waals surface area contributed by atoms with Gasteiger partial charge in [-0.25, -0.2) is 4.39 Å². The van der Waals surface area contributed by atoms with Crippen LogP contribution in [0.5, 0.6) is 0 Å². The summed E-state index contributed by atoms with van der Waals surface area (Å²) >= 11 is 6.56. The van der Waals surface area contributed by atoms with E-state index >= 15 is 0 Å². The Bertz CT molecular complexity index is 676. The highest BCUT2D eigenvalue weighted by Gasteiger charge is 2.18. The Hall–Kier alpha value is -1.40. The molecule has 0 unspecified atom stereocenters. The fourth-order valence-corrected chi connectivity index (χ4v) is 2.58. The van der Waals surface area contributed by atoms with Gasteiger partial charge in [-0.2, -0.15) is 0 Å². The van der Waals surface area contributed by atoms with Gasteiger partial charge in [-0.1, -0.05) is 15.9 Å². The van der Waals surface area contributed by atoms with Crippen LogP contribution >= 0.6 is 31.9 Å². The minimum atomic E-state index is -0.464. The highest BCUT2D eigenvalue weighted by atomic mass is 79.9. The molecule has 6 heteroatoms. The molecule has 20 heavy (non-hydrogen) atoms. The minimum absolute atomic E-state index is 0.245. The number of nitrogens with two attached hydrogens (primary N) is 1. The fourth-order valence-electron chi connectivity index (χ4n) is 1.78. The summed E-state index contributed by atoms with van der Waals surface area (Å²) in [5.74, 6) is -0.806. The molecule has 0 aliphatic rings. The van der Waals surface area contributed by atoms with E-state index in [4.69, 9.17) is 5.73 Å². The molecular weight excluding hydrogens is 391 g/mol. The van der Waals surface area contributed by atoms with E-state index in [-0.39, 0.29) is 11.5 Å². The summed E-state index contributed by atoms with van der Waals surface area (Å²) in [5, 5.41) is 0. The third-order valence-electron chi connectivity index (χ3n) is 2.81. The van der Waals surface area contributed by atoms with E-state index in [2.05, 4.69) is 31.9 Å². The number of nitrogens with zero attached hydrogens (tertiary/aromatic N) is 1. The SMILES string of the molecule is CN(C(=O)c1cc(F)ccc1Br)c1ccc(Br)cc1N. The molecule has 0 heterocycles. The molecule has 2 aromatic carbocycles. The molecule has 0 radical (unpaired) electrons. The van der Waals surface area contributed by atoms with Crippen molar-refractivity contribution in [2.75, 3.05) is 17.7 Å². The van der Waals surface area contributed by atoms with Crippen LogP contribution in [-0.4, -0.2) is 13.0 Å². The summed E-state index contributed by atoms with van der Waals surface area (Å²) in [5.41, 5.74) is 7.17. The molecule has 2 aromatic rings. The van der Waals surface area contributed by atoms with E-state index in [0.29, 0.717) is 15.8 Å². The van der Waals surface area contributed by atoms with Crippen molar-refractivity contribution in [2.45, 2.75) is 0 Å². The molecule has 104 valence electrons. The van der Waals surface area contributed by atoms with Gasteiger partial charge in [-0.15, -0.1) is 0 Å². The summed E-state index contributed by atoms with van der Waals surface area (Å²) in [6.07, 6.45) is 0. The highest BCUT2D eigenvalue weighted by molar-refractivity contribution is 9.10. The van der Waals surface area contributed by atoms with Crippen molar-refractivity contribution in [1.82, 2.24) is 0 Å². The van der Waals surface area contributed by atoms with Crippen LogP contribution in [0.4, 0.5) is 15.8 Å². The minimum Gasteiger partial charge on any atom is -0.397 e. The topological polar surface area (TPSA) is 46.3 Å². The number of halogens is 3. The Morgan fingerprint density at radius 1 is 1.20 bits per heavy atom. The third kappa shape index (κ3) is 3.02. The number of hydrogen-bond donors (Lipinski definition) is 1. The van der Waals surface area contributed by atoms with Crippen molar-refractivity contribution in [3.8, 4) is 0 Å². The molecule has 0 spiro atoms. The first-order chi connectivity index (χ1) is 9.40. The standard InChI is InChI=1S/C14H11Br2FN2O/c1-19(13-5-2-8(15)6-12(13)18)14(20)10-7-9(17)3-4-11(10)16/h2-7H,18H2,1H3. The lowest BCUT2D eigenvalue weighted by Crippen LogP contribution is -2.27. The average Bonchev–Trinajstić information content (AvgIpc) is 2.40. The molecule has 0 fully saturated rings. The van der Waals surface area contributed by atoms with Crippen molar-refractivity contribution < 1.29 is 9.18 Å². The number of hydrogen-bond acceptors (Lipinski definition) is 2. The van der Waals surface area contributed by atoms with Crippen molar-refractivity contribution in [3.05, 3.63) is 56.7 Å². The van der Waals surface area contributed by atoms with Crippen LogP contribution in [0.3, 0.4) is 0 Å². The van der Waals surface area contributed by atoms with Gasteiger partial charge in [-0.3, -0.25) is 4.79 Å². The molecule has 0 aliphatic carbocycles. The van der Waals surface area contributed by atoms with Crippen LogP contribution in [0.2, 0.25) is 0 Å². The molecule has 0 aromatic heterocycles. The van der Waals surface area contributed by atoms with Crippen molar-refractivity contribution in [2.24, 2.45) is 0 Å². The second kappa shape index (κ2) is 5.93. The molecular formula is C14H11Br2FN2O. The maximum atomic E-state index is 13.3. The summed E-state index contributed by atoms with van der Waals surface area (Å²) in [4.78, 5) is 13.8. The quantitative estimate of drug-likeness (QED) is 0.766. The van der Waals surface area contributed by atoms with Gasteiger partial charge in [0.2, 0.25) is 0 Å². The van der Waals surface area contributed by atoms with Gasteiger partial charge >= 0.3 is 0 Å². The maximum absolute atomic E-state index is 13.3. The van der Waals surface area contributed by atoms with E-state index in [0.717, 1.165) is 4.47 Å². The van der Waals surface area contributed by atoms with Gasteiger partial charge in [0.05, 0.1) is 16.9 Å². The zero-order valence-corrected chi connectivity index (χ0v) is 13.7. The first-order valence-electron chi connectivity index (χ1n) is 5.68. The number of carbonyl (C=O) groups is 1. The summed E-state index contributed by atoms with van der Waals surface area (Å²) in [7, 11) is 1.60. The Kier molecular flexibility index (Phi) is 4.45. The number of rotatable bonds is 2. The molecule has 1 amide bonds. The molecule has 0 aliphatic heterocycles.